The Morgan fingerprint density at radius 1 is 0.949 bits per heavy atom. The van der Waals surface area contributed by atoms with Crippen LogP contribution in [0.2, 0.25) is 0 Å². The maximum atomic E-state index is 12.8. The number of hydrogen-bond donors (Lipinski definition) is 2. The third kappa shape index (κ3) is 7.52. The second kappa shape index (κ2) is 14.0. The van der Waals surface area contributed by atoms with E-state index < -0.39 is 11.9 Å². The van der Waals surface area contributed by atoms with Crippen molar-refractivity contribution in [3.8, 4) is 0 Å². The van der Waals surface area contributed by atoms with Gasteiger partial charge in [-0.25, -0.2) is 9.59 Å². The van der Waals surface area contributed by atoms with E-state index in [1.54, 1.807) is 5.37 Å². The van der Waals surface area contributed by atoms with Gasteiger partial charge in [0.1, 0.15) is 0 Å². The van der Waals surface area contributed by atoms with Crippen LogP contribution >= 0.6 is 12.2 Å². The van der Waals surface area contributed by atoms with Crippen molar-refractivity contribution < 1.29 is 24.6 Å². The maximum absolute atomic E-state index is 12.8. The number of carbonyl (C=O) groups is 3. The Kier molecular flexibility index (Phi) is 10.8. The van der Waals surface area contributed by atoms with E-state index in [4.69, 9.17) is 22.4 Å². The van der Waals surface area contributed by atoms with Crippen molar-refractivity contribution in [2.75, 3.05) is 31.1 Å². The molecule has 0 aromatic heterocycles. The lowest BCUT2D eigenvalue weighted by Gasteiger charge is -2.54. The Morgan fingerprint density at radius 2 is 1.54 bits per heavy atom. The molecule has 2 atom stereocenters. The van der Waals surface area contributed by atoms with Crippen LogP contribution in [0.3, 0.4) is 0 Å². The molecule has 0 unspecified atom stereocenters. The molecule has 1 amide bonds. The molecule has 3 aliphatic rings. The van der Waals surface area contributed by atoms with Gasteiger partial charge < -0.3 is 20.0 Å². The van der Waals surface area contributed by atoms with E-state index in [0.29, 0.717) is 30.2 Å². The zero-order valence-electron chi connectivity index (χ0n) is 22.7. The number of aliphatic carboxylic acids is 2. The Labute approximate surface area is 235 Å². The molecule has 0 spiro atoms. The maximum Gasteiger partial charge on any atom is 0.328 e. The fourth-order valence-electron chi connectivity index (χ4n) is 5.55. The van der Waals surface area contributed by atoms with Crippen molar-refractivity contribution in [2.45, 2.75) is 45.7 Å². The standard InChI is InChI=1S/C26H33N3OS.C4H4O4/c1-4-27(5-2)26(30)22-9-11-23(12-10-22)29(24-8-6-7-20(17-24)18-31)25-19(3)28-15-13-21(25)14-16-28;5-3(6)1-2-4(7)8/h6-12,17-19,21,25H,4-5,13-16H2,1-3H3;1-2H,(H,5,6)(H,7,8)/b;2-1+/t19-,25-;/m1./s1. The predicted octanol–water partition coefficient (Wildman–Crippen LogP) is 4.85. The fraction of sp³-hybridized carbons (Fsp3) is 0.400. The van der Waals surface area contributed by atoms with Gasteiger partial charge >= 0.3 is 11.9 Å². The van der Waals surface area contributed by atoms with Gasteiger partial charge in [0, 0.05) is 53.6 Å². The van der Waals surface area contributed by atoms with Crippen LogP contribution in [0.15, 0.2) is 60.7 Å². The summed E-state index contributed by atoms with van der Waals surface area (Å²) in [5, 5.41) is 17.4. The van der Waals surface area contributed by atoms with E-state index in [0.717, 1.165) is 29.9 Å². The van der Waals surface area contributed by atoms with Crippen molar-refractivity contribution in [3.05, 3.63) is 71.8 Å². The van der Waals surface area contributed by atoms with Gasteiger partial charge in [-0.1, -0.05) is 24.4 Å². The molecule has 0 saturated carbocycles. The van der Waals surface area contributed by atoms with Crippen LogP contribution in [0, 0.1) is 5.92 Å². The number of nitrogens with zero attached hydrogens (tertiary/aromatic N) is 3. The largest absolute Gasteiger partial charge is 0.478 e. The smallest absolute Gasteiger partial charge is 0.328 e. The summed E-state index contributed by atoms with van der Waals surface area (Å²) in [6.45, 7) is 10.3. The lowest BCUT2D eigenvalue weighted by molar-refractivity contribution is -0.134. The molecule has 3 fully saturated rings. The summed E-state index contributed by atoms with van der Waals surface area (Å²) >= 11 is 5.21. The van der Waals surface area contributed by atoms with Crippen LogP contribution < -0.4 is 4.90 Å². The van der Waals surface area contributed by atoms with Crippen LogP contribution in [0.1, 0.15) is 49.5 Å². The molecule has 208 valence electrons. The number of benzene rings is 2. The first-order chi connectivity index (χ1) is 18.7. The van der Waals surface area contributed by atoms with Gasteiger partial charge in [-0.05, 0) is 94.6 Å². The van der Waals surface area contributed by atoms with Crippen molar-refractivity contribution >= 4 is 46.8 Å². The highest BCUT2D eigenvalue weighted by atomic mass is 32.1. The molecular weight excluding hydrogens is 514 g/mol. The van der Waals surface area contributed by atoms with E-state index >= 15 is 0 Å². The Morgan fingerprint density at radius 3 is 2.03 bits per heavy atom. The molecule has 0 radical (unpaired) electrons. The Hall–Kier alpha value is -3.56. The van der Waals surface area contributed by atoms with E-state index in [1.807, 2.05) is 30.9 Å². The highest BCUT2D eigenvalue weighted by molar-refractivity contribution is 7.79. The summed E-state index contributed by atoms with van der Waals surface area (Å²) in [6.07, 6.45) is 3.61. The van der Waals surface area contributed by atoms with Crippen molar-refractivity contribution in [1.82, 2.24) is 9.80 Å². The average Bonchev–Trinajstić information content (AvgIpc) is 2.95. The van der Waals surface area contributed by atoms with Gasteiger partial charge in [0.25, 0.3) is 5.91 Å². The Bertz CT molecular complexity index is 1170. The number of hydrogen-bond acceptors (Lipinski definition) is 6. The number of rotatable bonds is 9. The molecule has 3 heterocycles. The van der Waals surface area contributed by atoms with E-state index in [1.165, 1.54) is 31.6 Å². The molecule has 2 N–H and O–H groups in total. The Balaban J connectivity index is 0.000000459. The third-order valence-electron chi connectivity index (χ3n) is 7.52. The second-order valence-corrected chi connectivity index (χ2v) is 9.96. The number of amides is 1. The quantitative estimate of drug-likeness (QED) is 0.337. The SMILES string of the molecule is CCN(CC)C(=O)c1ccc(N(c2cccc(C=S)c2)[C@H]2C3CCN(CC3)[C@@H]2C)cc1.O=C(O)/C=C/C(=O)O. The summed E-state index contributed by atoms with van der Waals surface area (Å²) < 4.78 is 0. The first-order valence-electron chi connectivity index (χ1n) is 13.3. The number of carbonyl (C=O) groups excluding carboxylic acids is 1. The van der Waals surface area contributed by atoms with E-state index in [-0.39, 0.29) is 5.91 Å². The average molecular weight is 552 g/mol. The van der Waals surface area contributed by atoms with Crippen LogP contribution in [-0.2, 0) is 9.59 Å². The molecule has 0 aliphatic carbocycles. The normalized spacial score (nSPS) is 21.5. The first kappa shape index (κ1) is 30.0. The monoisotopic (exact) mass is 551 g/mol. The van der Waals surface area contributed by atoms with Gasteiger partial charge in [0.2, 0.25) is 0 Å². The first-order valence-corrected chi connectivity index (χ1v) is 13.8. The summed E-state index contributed by atoms with van der Waals surface area (Å²) in [5.41, 5.74) is 4.12. The van der Waals surface area contributed by atoms with Crippen molar-refractivity contribution in [2.24, 2.45) is 5.92 Å². The minimum Gasteiger partial charge on any atom is -0.478 e. The minimum atomic E-state index is -1.26. The summed E-state index contributed by atoms with van der Waals surface area (Å²) in [5.74, 6) is -1.74. The molecule has 2 aromatic rings. The number of carboxylic acids is 2. The summed E-state index contributed by atoms with van der Waals surface area (Å²) in [4.78, 5) is 38.9. The zero-order chi connectivity index (χ0) is 28.5. The van der Waals surface area contributed by atoms with Gasteiger partial charge in [-0.3, -0.25) is 9.69 Å². The number of piperidine rings is 3. The lowest BCUT2D eigenvalue weighted by atomic mass is 9.78. The number of fused-ring (bicyclic) bond motifs is 3. The van der Waals surface area contributed by atoms with Gasteiger partial charge in [-0.2, -0.15) is 0 Å². The number of anilines is 2. The lowest BCUT2D eigenvalue weighted by Crippen LogP contribution is -2.61. The minimum absolute atomic E-state index is 0.0991. The highest BCUT2D eigenvalue weighted by Gasteiger charge is 2.43. The van der Waals surface area contributed by atoms with E-state index in [9.17, 15) is 14.4 Å². The van der Waals surface area contributed by atoms with Gasteiger partial charge in [-0.15, -0.1) is 0 Å². The molecule has 5 rings (SSSR count). The fourth-order valence-corrected chi connectivity index (χ4v) is 5.69. The highest BCUT2D eigenvalue weighted by Crippen LogP contribution is 2.41. The topological polar surface area (TPSA) is 101 Å². The van der Waals surface area contributed by atoms with E-state index in [2.05, 4.69) is 53.1 Å². The third-order valence-corrected chi connectivity index (χ3v) is 7.79. The summed E-state index contributed by atoms with van der Waals surface area (Å²) in [6, 6.07) is 17.6. The van der Waals surface area contributed by atoms with Crippen LogP contribution in [0.25, 0.3) is 0 Å². The molecule has 8 nitrogen and oxygen atoms in total. The van der Waals surface area contributed by atoms with Gasteiger partial charge in [0.05, 0.1) is 6.04 Å². The van der Waals surface area contributed by atoms with Crippen molar-refractivity contribution in [1.29, 1.82) is 0 Å². The molecule has 3 aliphatic heterocycles. The molecular formula is C30H37N3O5S. The molecule has 9 heteroatoms. The van der Waals surface area contributed by atoms with Crippen LogP contribution in [0.4, 0.5) is 11.4 Å². The predicted molar refractivity (Wildman–Crippen MR) is 157 cm³/mol. The van der Waals surface area contributed by atoms with Crippen LogP contribution in [0.5, 0.6) is 0 Å². The number of carboxylic acid groups (broad SMARTS) is 2. The van der Waals surface area contributed by atoms with Crippen LogP contribution in [-0.4, -0.2) is 81.5 Å². The van der Waals surface area contributed by atoms with Gasteiger partial charge in [0.15, 0.2) is 0 Å². The second-order valence-electron chi connectivity index (χ2n) is 9.72. The molecule has 2 aromatic carbocycles. The molecule has 39 heavy (non-hydrogen) atoms. The number of thiocarbonyl (C=S) groups is 1. The van der Waals surface area contributed by atoms with Crippen molar-refractivity contribution in [3.63, 3.8) is 0 Å². The molecule has 3 saturated heterocycles. The molecule has 2 bridgehead atoms. The summed E-state index contributed by atoms with van der Waals surface area (Å²) in [7, 11) is 0. The zero-order valence-corrected chi connectivity index (χ0v) is 23.5.